The molecular weight excluding hydrogens is 344 g/mol. The minimum Gasteiger partial charge on any atom is -0.479 e. The lowest BCUT2D eigenvalue weighted by atomic mass is 9.73. The number of piperidine rings is 3. The molecule has 1 spiro atoms. The maximum Gasteiger partial charge on any atom is 0.335 e. The van der Waals surface area contributed by atoms with Gasteiger partial charge in [0.25, 0.3) is 0 Å². The molecule has 4 aliphatic rings. The van der Waals surface area contributed by atoms with E-state index in [0.717, 1.165) is 24.8 Å². The number of aromatic nitrogens is 1. The molecule has 3 fully saturated rings. The van der Waals surface area contributed by atoms with Crippen LogP contribution in [-0.4, -0.2) is 79.7 Å². The number of fused-ring (bicyclic) bond motifs is 3. The average Bonchev–Trinajstić information content (AvgIpc) is 2.99. The third-order valence-electron chi connectivity index (χ3n) is 5.27. The van der Waals surface area contributed by atoms with Crippen molar-refractivity contribution in [3.63, 3.8) is 0 Å². The molecule has 3 saturated heterocycles. The zero-order valence-electron chi connectivity index (χ0n) is 14.1. The number of carboxylic acids is 2. The van der Waals surface area contributed by atoms with Crippen molar-refractivity contribution < 1.29 is 34.8 Å². The Bertz CT molecular complexity index is 644. The van der Waals surface area contributed by atoms with Gasteiger partial charge in [0, 0.05) is 30.6 Å². The molecule has 0 amide bonds. The first-order valence-electron chi connectivity index (χ1n) is 8.49. The Hall–Kier alpha value is -2.23. The van der Waals surface area contributed by atoms with E-state index in [2.05, 4.69) is 16.0 Å². The second-order valence-corrected chi connectivity index (χ2v) is 6.93. The Morgan fingerprint density at radius 2 is 1.81 bits per heavy atom. The predicted octanol–water partition coefficient (Wildman–Crippen LogP) is -0.642. The number of carbonyl (C=O) groups is 2. The molecule has 3 atom stereocenters. The van der Waals surface area contributed by atoms with Gasteiger partial charge in [-0.15, -0.1) is 0 Å². The zero-order chi connectivity index (χ0) is 18.9. The van der Waals surface area contributed by atoms with Crippen LogP contribution in [0.25, 0.3) is 0 Å². The molecule has 9 nitrogen and oxygen atoms in total. The lowest BCUT2D eigenvalue weighted by molar-refractivity contribution is -0.165. The second-order valence-electron chi connectivity index (χ2n) is 6.93. The molecule has 0 saturated carbocycles. The van der Waals surface area contributed by atoms with Gasteiger partial charge in [0.1, 0.15) is 5.60 Å². The van der Waals surface area contributed by atoms with Crippen LogP contribution in [0.1, 0.15) is 18.4 Å². The SMILES string of the molecule is O=C(O)C(O)C(O)C(=O)O.c1cnc2c(c1)C[C@@]1(CN3CCC1CC3)O2. The van der Waals surface area contributed by atoms with Gasteiger partial charge in [-0.25, -0.2) is 14.6 Å². The molecule has 9 heteroatoms. The fraction of sp³-hybridized carbons (Fsp3) is 0.588. The van der Waals surface area contributed by atoms with Crippen molar-refractivity contribution in [2.24, 2.45) is 5.92 Å². The fourth-order valence-electron chi connectivity index (χ4n) is 3.91. The quantitative estimate of drug-likeness (QED) is 0.549. The topological polar surface area (TPSA) is 140 Å². The number of nitrogens with zero attached hydrogens (tertiary/aromatic N) is 2. The number of carboxylic acid groups (broad SMARTS) is 2. The highest BCUT2D eigenvalue weighted by Crippen LogP contribution is 2.45. The van der Waals surface area contributed by atoms with Crippen LogP contribution >= 0.6 is 0 Å². The van der Waals surface area contributed by atoms with Crippen LogP contribution in [0.3, 0.4) is 0 Å². The summed E-state index contributed by atoms with van der Waals surface area (Å²) in [4.78, 5) is 26.4. The van der Waals surface area contributed by atoms with Crippen LogP contribution in [0, 0.1) is 5.92 Å². The summed E-state index contributed by atoms with van der Waals surface area (Å²) in [5, 5.41) is 32.5. The van der Waals surface area contributed by atoms with Gasteiger partial charge < -0.3 is 25.2 Å². The van der Waals surface area contributed by atoms with Gasteiger partial charge in [-0.2, -0.15) is 0 Å². The minimum atomic E-state index is -2.27. The van der Waals surface area contributed by atoms with E-state index in [0.29, 0.717) is 0 Å². The first-order chi connectivity index (χ1) is 12.3. The molecule has 0 aliphatic carbocycles. The van der Waals surface area contributed by atoms with Crippen molar-refractivity contribution in [2.45, 2.75) is 37.1 Å². The number of pyridine rings is 1. The number of aliphatic hydroxyl groups excluding tert-OH is 2. The normalized spacial score (nSPS) is 30.5. The Kier molecular flexibility index (Phi) is 5.12. The van der Waals surface area contributed by atoms with Crippen LogP contribution in [0.15, 0.2) is 18.3 Å². The number of ether oxygens (including phenoxy) is 1. The summed E-state index contributed by atoms with van der Waals surface area (Å²) >= 11 is 0. The van der Waals surface area contributed by atoms with Gasteiger partial charge in [0.15, 0.2) is 12.2 Å². The summed E-state index contributed by atoms with van der Waals surface area (Å²) in [5.41, 5.74) is 1.36. The van der Waals surface area contributed by atoms with Crippen LogP contribution in [-0.2, 0) is 16.0 Å². The van der Waals surface area contributed by atoms with Crippen molar-refractivity contribution in [1.29, 1.82) is 0 Å². The highest BCUT2D eigenvalue weighted by atomic mass is 16.5. The summed E-state index contributed by atoms with van der Waals surface area (Å²) in [7, 11) is 0. The first kappa shape index (κ1) is 18.6. The number of hydrogen-bond acceptors (Lipinski definition) is 7. The molecule has 0 radical (unpaired) electrons. The Balaban J connectivity index is 0.000000172. The monoisotopic (exact) mass is 366 g/mol. The van der Waals surface area contributed by atoms with Crippen molar-refractivity contribution in [3.8, 4) is 5.88 Å². The van der Waals surface area contributed by atoms with Gasteiger partial charge in [-0.3, -0.25) is 4.90 Å². The van der Waals surface area contributed by atoms with E-state index in [1.54, 1.807) is 0 Å². The van der Waals surface area contributed by atoms with Gasteiger partial charge in [0.05, 0.1) is 0 Å². The first-order valence-corrected chi connectivity index (χ1v) is 8.49. The molecule has 2 unspecified atom stereocenters. The van der Waals surface area contributed by atoms with Crippen LogP contribution in [0.5, 0.6) is 5.88 Å². The van der Waals surface area contributed by atoms with E-state index in [4.69, 9.17) is 25.2 Å². The van der Waals surface area contributed by atoms with Gasteiger partial charge in [-0.1, -0.05) is 6.07 Å². The average molecular weight is 366 g/mol. The van der Waals surface area contributed by atoms with E-state index in [9.17, 15) is 9.59 Å². The van der Waals surface area contributed by atoms with E-state index in [-0.39, 0.29) is 5.60 Å². The zero-order valence-corrected chi connectivity index (χ0v) is 14.1. The lowest BCUT2D eigenvalue weighted by Crippen LogP contribution is -2.61. The number of hydrogen-bond donors (Lipinski definition) is 4. The van der Waals surface area contributed by atoms with Crippen LogP contribution < -0.4 is 4.74 Å². The van der Waals surface area contributed by atoms with Crippen molar-refractivity contribution >= 4 is 11.9 Å². The van der Waals surface area contributed by atoms with Crippen LogP contribution in [0.4, 0.5) is 0 Å². The number of rotatable bonds is 3. The van der Waals surface area contributed by atoms with Crippen molar-refractivity contribution in [3.05, 3.63) is 23.9 Å². The third kappa shape index (κ3) is 3.50. The molecule has 0 aromatic carbocycles. The molecule has 142 valence electrons. The molecule has 5 rings (SSSR count). The summed E-state index contributed by atoms with van der Waals surface area (Å²) in [6, 6.07) is 4.18. The minimum absolute atomic E-state index is 0.0627. The highest BCUT2D eigenvalue weighted by molar-refractivity contribution is 5.83. The summed E-state index contributed by atoms with van der Waals surface area (Å²) in [6.07, 6.45) is 0.966. The number of aliphatic carboxylic acids is 2. The number of aliphatic hydroxyl groups is 2. The van der Waals surface area contributed by atoms with E-state index >= 15 is 0 Å². The molecule has 5 heterocycles. The molecule has 1 aromatic rings. The van der Waals surface area contributed by atoms with Crippen molar-refractivity contribution in [2.75, 3.05) is 19.6 Å². The summed E-state index contributed by atoms with van der Waals surface area (Å²) < 4.78 is 6.22. The second kappa shape index (κ2) is 7.18. The third-order valence-corrected chi connectivity index (χ3v) is 5.27. The molecule has 4 N–H and O–H groups in total. The lowest BCUT2D eigenvalue weighted by Gasteiger charge is -2.50. The van der Waals surface area contributed by atoms with Crippen LogP contribution in [0.2, 0.25) is 0 Å². The van der Waals surface area contributed by atoms with Crippen molar-refractivity contribution in [1.82, 2.24) is 9.88 Å². The standard InChI is InChI=1S/C13H16N2O.C4H6O6/c1-2-10-8-13(16-12(10)14-5-1)9-15-6-3-11(13)4-7-15;5-1(3(7)8)2(6)4(9)10/h1-2,5,11H,3-4,6-9H2;1-2,5-6H,(H,7,8)(H,9,10)/t13-;/m0./s1. The van der Waals surface area contributed by atoms with Gasteiger partial charge in [0.2, 0.25) is 5.88 Å². The largest absolute Gasteiger partial charge is 0.479 e. The molecule has 1 aromatic heterocycles. The molecule has 26 heavy (non-hydrogen) atoms. The predicted molar refractivity (Wildman–Crippen MR) is 87.7 cm³/mol. The van der Waals surface area contributed by atoms with E-state index in [1.165, 1.54) is 31.5 Å². The van der Waals surface area contributed by atoms with Gasteiger partial charge >= 0.3 is 11.9 Å². The molecular formula is C17H22N2O7. The fourth-order valence-corrected chi connectivity index (χ4v) is 3.91. The van der Waals surface area contributed by atoms with Gasteiger partial charge in [-0.05, 0) is 32.0 Å². The van der Waals surface area contributed by atoms with E-state index in [1.807, 2.05) is 12.3 Å². The maximum absolute atomic E-state index is 9.77. The maximum atomic E-state index is 9.77. The Morgan fingerprint density at radius 3 is 2.27 bits per heavy atom. The van der Waals surface area contributed by atoms with E-state index < -0.39 is 24.1 Å². The highest BCUT2D eigenvalue weighted by Gasteiger charge is 2.52. The molecule has 2 bridgehead atoms. The summed E-state index contributed by atoms with van der Waals surface area (Å²) in [5.74, 6) is -1.91. The Labute approximate surface area is 149 Å². The Morgan fingerprint density at radius 1 is 1.19 bits per heavy atom. The smallest absolute Gasteiger partial charge is 0.335 e. The summed E-state index contributed by atoms with van der Waals surface area (Å²) in [6.45, 7) is 3.63. The molecule has 4 aliphatic heterocycles.